The zero-order chi connectivity index (χ0) is 21.3. The normalized spacial score (nSPS) is 10.8. The Morgan fingerprint density at radius 1 is 1.07 bits per heavy atom. The van der Waals surface area contributed by atoms with Crippen LogP contribution in [-0.2, 0) is 17.6 Å². The summed E-state index contributed by atoms with van der Waals surface area (Å²) < 4.78 is 17.5. The highest BCUT2D eigenvalue weighted by atomic mass is 16.5. The van der Waals surface area contributed by atoms with Crippen molar-refractivity contribution < 1.29 is 18.7 Å². The second-order valence-electron chi connectivity index (χ2n) is 7.35. The zero-order valence-electron chi connectivity index (χ0n) is 17.9. The average Bonchev–Trinajstić information content (AvgIpc) is 3.12. The quantitative estimate of drug-likeness (QED) is 0.415. The molecular formula is C25H29NO4. The van der Waals surface area contributed by atoms with Crippen LogP contribution in [0.5, 0.6) is 11.5 Å². The van der Waals surface area contributed by atoms with E-state index < -0.39 is 0 Å². The summed E-state index contributed by atoms with van der Waals surface area (Å²) >= 11 is 0. The van der Waals surface area contributed by atoms with Crippen LogP contribution in [0.15, 0.2) is 52.9 Å². The fourth-order valence-electron chi connectivity index (χ4n) is 3.16. The first-order chi connectivity index (χ1) is 14.6. The number of benzene rings is 2. The van der Waals surface area contributed by atoms with E-state index in [1.165, 1.54) is 6.92 Å². The Bertz CT molecular complexity index is 963. The van der Waals surface area contributed by atoms with Crippen LogP contribution in [0, 0.1) is 6.92 Å². The lowest BCUT2D eigenvalue weighted by Gasteiger charge is -2.13. The third kappa shape index (κ3) is 5.96. The molecule has 1 aromatic heterocycles. The van der Waals surface area contributed by atoms with E-state index in [0.29, 0.717) is 18.9 Å². The highest BCUT2D eigenvalue weighted by Gasteiger charge is 2.12. The number of hydrogen-bond donors (Lipinski definition) is 0. The van der Waals surface area contributed by atoms with E-state index in [9.17, 15) is 4.79 Å². The number of oxazole rings is 1. The Morgan fingerprint density at radius 3 is 2.60 bits per heavy atom. The summed E-state index contributed by atoms with van der Waals surface area (Å²) in [6, 6.07) is 15.7. The van der Waals surface area contributed by atoms with Crippen molar-refractivity contribution in [3.63, 3.8) is 0 Å². The molecule has 0 radical (unpaired) electrons. The topological polar surface area (TPSA) is 61.6 Å². The number of Topliss-reactive ketones (excluding diaryl/α,β-unsaturated/α-hetero) is 1. The number of rotatable bonds is 11. The molecule has 0 spiro atoms. The van der Waals surface area contributed by atoms with Crippen molar-refractivity contribution in [3.8, 4) is 23.0 Å². The highest BCUT2D eigenvalue weighted by Crippen LogP contribution is 2.27. The lowest BCUT2D eigenvalue weighted by molar-refractivity contribution is -0.118. The molecule has 5 nitrogen and oxygen atoms in total. The molecule has 2 aromatic carbocycles. The molecule has 0 saturated heterocycles. The third-order valence-electron chi connectivity index (χ3n) is 4.78. The number of carbonyl (C=O) groups is 1. The van der Waals surface area contributed by atoms with Crippen LogP contribution in [0.2, 0.25) is 0 Å². The van der Waals surface area contributed by atoms with E-state index >= 15 is 0 Å². The number of aryl methyl sites for hydroxylation is 2. The van der Waals surface area contributed by atoms with Crippen molar-refractivity contribution in [1.82, 2.24) is 4.98 Å². The molecule has 0 bridgehead atoms. The van der Waals surface area contributed by atoms with Gasteiger partial charge in [-0.05, 0) is 62.6 Å². The summed E-state index contributed by atoms with van der Waals surface area (Å²) in [7, 11) is 0. The number of ketones is 1. The van der Waals surface area contributed by atoms with Crippen LogP contribution in [0.3, 0.4) is 0 Å². The van der Waals surface area contributed by atoms with E-state index in [4.69, 9.17) is 13.9 Å². The van der Waals surface area contributed by atoms with Gasteiger partial charge >= 0.3 is 0 Å². The second-order valence-corrected chi connectivity index (χ2v) is 7.35. The number of hydrogen-bond acceptors (Lipinski definition) is 5. The van der Waals surface area contributed by atoms with Crippen molar-refractivity contribution in [3.05, 3.63) is 65.5 Å². The van der Waals surface area contributed by atoms with Gasteiger partial charge in [-0.2, -0.15) is 0 Å². The molecule has 1 heterocycles. The van der Waals surface area contributed by atoms with Gasteiger partial charge in [-0.15, -0.1) is 0 Å². The SMILES string of the molecule is CCCCc1cc(OCCc2nc(-c3ccccc3)oc2C)ccc1OCC(C)=O. The van der Waals surface area contributed by atoms with Gasteiger partial charge in [-0.25, -0.2) is 4.98 Å². The molecule has 0 amide bonds. The number of unbranched alkanes of at least 4 members (excludes halogenated alkanes) is 1. The molecule has 0 saturated carbocycles. The zero-order valence-corrected chi connectivity index (χ0v) is 17.9. The number of nitrogens with zero attached hydrogens (tertiary/aromatic N) is 1. The monoisotopic (exact) mass is 407 g/mol. The molecule has 158 valence electrons. The lowest BCUT2D eigenvalue weighted by Crippen LogP contribution is -2.08. The minimum Gasteiger partial charge on any atom is -0.493 e. The Hall–Kier alpha value is -3.08. The standard InChI is InChI=1S/C25H29NO4/c1-4-5-9-21-16-22(12-13-24(21)29-17-18(2)27)28-15-14-23-19(3)30-25(26-23)20-10-7-6-8-11-20/h6-8,10-13,16H,4-5,9,14-15,17H2,1-3H3. The molecule has 0 aliphatic heterocycles. The van der Waals surface area contributed by atoms with Crippen molar-refractivity contribution in [2.75, 3.05) is 13.2 Å². The van der Waals surface area contributed by atoms with Gasteiger partial charge < -0.3 is 13.9 Å². The largest absolute Gasteiger partial charge is 0.493 e. The van der Waals surface area contributed by atoms with Gasteiger partial charge in [-0.3, -0.25) is 4.79 Å². The van der Waals surface area contributed by atoms with Gasteiger partial charge in [0, 0.05) is 12.0 Å². The first kappa shape index (κ1) is 21.6. The van der Waals surface area contributed by atoms with Crippen LogP contribution in [-0.4, -0.2) is 24.0 Å². The predicted octanol–water partition coefficient (Wildman–Crippen LogP) is 5.58. The molecule has 0 fully saturated rings. The maximum absolute atomic E-state index is 11.2. The summed E-state index contributed by atoms with van der Waals surface area (Å²) in [5.74, 6) is 3.01. The molecule has 5 heteroatoms. The smallest absolute Gasteiger partial charge is 0.226 e. The van der Waals surface area contributed by atoms with Crippen LogP contribution >= 0.6 is 0 Å². The van der Waals surface area contributed by atoms with E-state index in [1.54, 1.807) is 0 Å². The van der Waals surface area contributed by atoms with Gasteiger partial charge in [-0.1, -0.05) is 31.5 Å². The van der Waals surface area contributed by atoms with E-state index in [2.05, 4.69) is 11.9 Å². The van der Waals surface area contributed by atoms with E-state index in [0.717, 1.165) is 53.3 Å². The van der Waals surface area contributed by atoms with Gasteiger partial charge in [0.25, 0.3) is 0 Å². The fourth-order valence-corrected chi connectivity index (χ4v) is 3.16. The highest BCUT2D eigenvalue weighted by molar-refractivity contribution is 5.77. The van der Waals surface area contributed by atoms with Crippen molar-refractivity contribution >= 4 is 5.78 Å². The Balaban J connectivity index is 1.62. The summed E-state index contributed by atoms with van der Waals surface area (Å²) in [5, 5.41) is 0. The first-order valence-corrected chi connectivity index (χ1v) is 10.5. The molecule has 30 heavy (non-hydrogen) atoms. The predicted molar refractivity (Wildman–Crippen MR) is 117 cm³/mol. The number of ether oxygens (including phenoxy) is 2. The van der Waals surface area contributed by atoms with Crippen molar-refractivity contribution in [2.45, 2.75) is 46.5 Å². The molecule has 0 aliphatic rings. The minimum atomic E-state index is 0.00891. The Kier molecular flexibility index (Phi) is 7.66. The molecular weight excluding hydrogens is 378 g/mol. The summed E-state index contributed by atoms with van der Waals surface area (Å²) in [6.07, 6.45) is 3.70. The van der Waals surface area contributed by atoms with Crippen molar-refractivity contribution in [1.29, 1.82) is 0 Å². The molecule has 3 aromatic rings. The molecule has 3 rings (SSSR count). The summed E-state index contributed by atoms with van der Waals surface area (Å²) in [5.41, 5.74) is 2.94. The van der Waals surface area contributed by atoms with Gasteiger partial charge in [0.05, 0.1) is 12.3 Å². The molecule has 0 atom stereocenters. The fraction of sp³-hybridized carbons (Fsp3) is 0.360. The summed E-state index contributed by atoms with van der Waals surface area (Å²) in [6.45, 7) is 6.20. The minimum absolute atomic E-state index is 0.00891. The second kappa shape index (κ2) is 10.6. The maximum atomic E-state index is 11.2. The van der Waals surface area contributed by atoms with Gasteiger partial charge in [0.15, 0.2) is 5.78 Å². The molecule has 0 unspecified atom stereocenters. The van der Waals surface area contributed by atoms with E-state index in [-0.39, 0.29) is 12.4 Å². The lowest BCUT2D eigenvalue weighted by atomic mass is 10.1. The van der Waals surface area contributed by atoms with Crippen LogP contribution in [0.1, 0.15) is 43.7 Å². The van der Waals surface area contributed by atoms with E-state index in [1.807, 2.05) is 55.5 Å². The van der Waals surface area contributed by atoms with Crippen LogP contribution in [0.25, 0.3) is 11.5 Å². The Labute approximate surface area is 178 Å². The van der Waals surface area contributed by atoms with Crippen LogP contribution < -0.4 is 9.47 Å². The first-order valence-electron chi connectivity index (χ1n) is 10.5. The summed E-state index contributed by atoms with van der Waals surface area (Å²) in [4.78, 5) is 15.9. The Morgan fingerprint density at radius 2 is 1.87 bits per heavy atom. The van der Waals surface area contributed by atoms with Gasteiger partial charge in [0.2, 0.25) is 5.89 Å². The van der Waals surface area contributed by atoms with Crippen molar-refractivity contribution in [2.24, 2.45) is 0 Å². The molecule has 0 aliphatic carbocycles. The molecule has 0 N–H and O–H groups in total. The van der Waals surface area contributed by atoms with Gasteiger partial charge in [0.1, 0.15) is 23.9 Å². The number of aromatic nitrogens is 1. The number of carbonyl (C=O) groups excluding carboxylic acids is 1. The average molecular weight is 408 g/mol. The maximum Gasteiger partial charge on any atom is 0.226 e. The van der Waals surface area contributed by atoms with Crippen LogP contribution in [0.4, 0.5) is 0 Å². The third-order valence-corrected chi connectivity index (χ3v) is 4.78.